The molecule has 0 bridgehead atoms. The van der Waals surface area contributed by atoms with Crippen LogP contribution in [0, 0.1) is 5.92 Å². The Kier molecular flexibility index (Phi) is 3.35. The van der Waals surface area contributed by atoms with Gasteiger partial charge in [-0.25, -0.2) is 0 Å². The fourth-order valence-electron chi connectivity index (χ4n) is 3.42. The van der Waals surface area contributed by atoms with E-state index in [1.165, 1.54) is 5.56 Å². The maximum absolute atomic E-state index is 6.31. The van der Waals surface area contributed by atoms with Crippen LogP contribution in [0.1, 0.15) is 25.3 Å². The summed E-state index contributed by atoms with van der Waals surface area (Å²) >= 11 is 6.05. The van der Waals surface area contributed by atoms with Gasteiger partial charge in [0.05, 0.1) is 11.7 Å². The third-order valence-electron chi connectivity index (χ3n) is 4.13. The van der Waals surface area contributed by atoms with Crippen LogP contribution in [-0.2, 0) is 11.2 Å². The molecule has 2 aliphatic rings. The van der Waals surface area contributed by atoms with Gasteiger partial charge < -0.3 is 10.1 Å². The number of hydrogen-bond acceptors (Lipinski definition) is 2. The van der Waals surface area contributed by atoms with Gasteiger partial charge in [0.2, 0.25) is 0 Å². The molecule has 0 radical (unpaired) electrons. The molecule has 1 aromatic rings. The number of fused-ring (bicyclic) bond motifs is 1. The van der Waals surface area contributed by atoms with Gasteiger partial charge in [0.1, 0.15) is 0 Å². The van der Waals surface area contributed by atoms with E-state index in [-0.39, 0.29) is 5.60 Å². The monoisotopic (exact) mass is 265 g/mol. The lowest BCUT2D eigenvalue weighted by Gasteiger charge is -2.26. The summed E-state index contributed by atoms with van der Waals surface area (Å²) in [5, 5.41) is 4.28. The first-order valence-electron chi connectivity index (χ1n) is 6.78. The van der Waals surface area contributed by atoms with Crippen molar-refractivity contribution in [1.29, 1.82) is 0 Å². The van der Waals surface area contributed by atoms with Gasteiger partial charge in [0.25, 0.3) is 0 Å². The standard InChI is InChI=1S/C15H20ClNO/c1-15(8-11-3-2-4-13(16)7-11)9-12-10-17-6-5-14(12)18-15/h2-4,7,12,14,17H,5-6,8-10H2,1H3/t12-,14+,15+/m0/s1. The Morgan fingerprint density at radius 2 is 2.39 bits per heavy atom. The van der Waals surface area contributed by atoms with Crippen LogP contribution in [0.3, 0.4) is 0 Å². The Morgan fingerprint density at radius 3 is 3.17 bits per heavy atom. The van der Waals surface area contributed by atoms with Crippen molar-refractivity contribution in [1.82, 2.24) is 5.32 Å². The first-order valence-corrected chi connectivity index (χ1v) is 7.15. The van der Waals surface area contributed by atoms with Crippen molar-refractivity contribution in [2.24, 2.45) is 5.92 Å². The molecule has 0 aromatic heterocycles. The molecule has 98 valence electrons. The van der Waals surface area contributed by atoms with E-state index in [1.54, 1.807) is 0 Å². The van der Waals surface area contributed by atoms with Crippen molar-refractivity contribution in [2.75, 3.05) is 13.1 Å². The number of benzene rings is 1. The van der Waals surface area contributed by atoms with Gasteiger partial charge in [-0.1, -0.05) is 23.7 Å². The number of hydrogen-bond donors (Lipinski definition) is 1. The SMILES string of the molecule is C[C@@]1(Cc2cccc(Cl)c2)C[C@H]2CNCC[C@H]2O1. The van der Waals surface area contributed by atoms with Gasteiger partial charge in [-0.2, -0.15) is 0 Å². The van der Waals surface area contributed by atoms with Crippen LogP contribution in [0.2, 0.25) is 5.02 Å². The van der Waals surface area contributed by atoms with E-state index >= 15 is 0 Å². The van der Waals surface area contributed by atoms with Crippen LogP contribution in [0.5, 0.6) is 0 Å². The summed E-state index contributed by atoms with van der Waals surface area (Å²) in [5.41, 5.74) is 1.25. The van der Waals surface area contributed by atoms with Crippen molar-refractivity contribution in [3.63, 3.8) is 0 Å². The number of halogens is 1. The third kappa shape index (κ3) is 2.56. The van der Waals surface area contributed by atoms with E-state index in [0.717, 1.165) is 37.4 Å². The van der Waals surface area contributed by atoms with Crippen LogP contribution in [0.15, 0.2) is 24.3 Å². The Labute approximate surface area is 114 Å². The average molecular weight is 266 g/mol. The van der Waals surface area contributed by atoms with E-state index in [2.05, 4.69) is 24.4 Å². The second-order valence-corrected chi connectivity index (χ2v) is 6.31. The highest BCUT2D eigenvalue weighted by Gasteiger charge is 2.43. The van der Waals surface area contributed by atoms with Gasteiger partial charge in [-0.3, -0.25) is 0 Å². The minimum atomic E-state index is -0.0218. The van der Waals surface area contributed by atoms with Crippen molar-refractivity contribution < 1.29 is 4.74 Å². The summed E-state index contributed by atoms with van der Waals surface area (Å²) < 4.78 is 6.31. The fourth-order valence-corrected chi connectivity index (χ4v) is 3.63. The highest BCUT2D eigenvalue weighted by molar-refractivity contribution is 6.30. The third-order valence-corrected chi connectivity index (χ3v) is 4.37. The highest BCUT2D eigenvalue weighted by Crippen LogP contribution is 2.39. The quantitative estimate of drug-likeness (QED) is 0.888. The molecule has 2 fully saturated rings. The molecule has 0 amide bonds. The number of nitrogens with one attached hydrogen (secondary N) is 1. The Hall–Kier alpha value is -0.570. The van der Waals surface area contributed by atoms with Crippen LogP contribution < -0.4 is 5.32 Å². The molecule has 18 heavy (non-hydrogen) atoms. The van der Waals surface area contributed by atoms with Crippen molar-refractivity contribution in [2.45, 2.75) is 37.9 Å². The predicted octanol–water partition coefficient (Wildman–Crippen LogP) is 3.04. The minimum Gasteiger partial charge on any atom is -0.371 e. The van der Waals surface area contributed by atoms with Crippen molar-refractivity contribution in [3.05, 3.63) is 34.9 Å². The maximum Gasteiger partial charge on any atom is 0.0702 e. The van der Waals surface area contributed by atoms with Crippen molar-refractivity contribution >= 4 is 11.6 Å². The first kappa shape index (κ1) is 12.5. The molecule has 0 saturated carbocycles. The summed E-state index contributed by atoms with van der Waals surface area (Å²) in [7, 11) is 0. The van der Waals surface area contributed by atoms with E-state index in [0.29, 0.717) is 12.0 Å². The van der Waals surface area contributed by atoms with Crippen LogP contribution in [0.4, 0.5) is 0 Å². The average Bonchev–Trinajstić information content (AvgIpc) is 2.64. The fraction of sp³-hybridized carbons (Fsp3) is 0.600. The summed E-state index contributed by atoms with van der Waals surface area (Å²) in [6, 6.07) is 8.13. The second-order valence-electron chi connectivity index (χ2n) is 5.87. The molecule has 2 heterocycles. The zero-order valence-corrected chi connectivity index (χ0v) is 11.5. The van der Waals surface area contributed by atoms with Gasteiger partial charge >= 0.3 is 0 Å². The van der Waals surface area contributed by atoms with Gasteiger partial charge in [-0.05, 0) is 44.0 Å². The smallest absolute Gasteiger partial charge is 0.0702 e. The minimum absolute atomic E-state index is 0.0218. The molecule has 2 aliphatic heterocycles. The molecular weight excluding hydrogens is 246 g/mol. The summed E-state index contributed by atoms with van der Waals surface area (Å²) in [6.45, 7) is 4.44. The van der Waals surface area contributed by atoms with E-state index in [9.17, 15) is 0 Å². The number of rotatable bonds is 2. The van der Waals surface area contributed by atoms with E-state index < -0.39 is 0 Å². The second kappa shape index (κ2) is 4.84. The molecule has 2 saturated heterocycles. The molecule has 0 unspecified atom stereocenters. The summed E-state index contributed by atoms with van der Waals surface area (Å²) in [5.74, 6) is 0.683. The summed E-state index contributed by atoms with van der Waals surface area (Å²) in [6.07, 6.45) is 3.71. The van der Waals surface area contributed by atoms with E-state index in [4.69, 9.17) is 16.3 Å². The Morgan fingerprint density at radius 1 is 1.50 bits per heavy atom. The molecule has 2 nitrogen and oxygen atoms in total. The lowest BCUT2D eigenvalue weighted by molar-refractivity contribution is -0.0389. The first-order chi connectivity index (χ1) is 8.65. The zero-order valence-electron chi connectivity index (χ0n) is 10.8. The molecular formula is C15H20ClNO. The Bertz CT molecular complexity index is 420. The summed E-state index contributed by atoms with van der Waals surface area (Å²) in [4.78, 5) is 0. The molecule has 3 heteroatoms. The number of piperidine rings is 1. The molecule has 0 spiro atoms. The van der Waals surface area contributed by atoms with Crippen LogP contribution in [0.25, 0.3) is 0 Å². The lowest BCUT2D eigenvalue weighted by Crippen LogP contribution is -2.37. The van der Waals surface area contributed by atoms with E-state index in [1.807, 2.05) is 12.1 Å². The largest absolute Gasteiger partial charge is 0.371 e. The lowest BCUT2D eigenvalue weighted by atomic mass is 9.86. The van der Waals surface area contributed by atoms with Gasteiger partial charge in [-0.15, -0.1) is 0 Å². The molecule has 1 aromatic carbocycles. The molecule has 0 aliphatic carbocycles. The van der Waals surface area contributed by atoms with Gasteiger partial charge in [0.15, 0.2) is 0 Å². The van der Waals surface area contributed by atoms with Crippen LogP contribution >= 0.6 is 11.6 Å². The topological polar surface area (TPSA) is 21.3 Å². The zero-order chi connectivity index (χ0) is 12.6. The number of ether oxygens (including phenoxy) is 1. The normalized spacial score (nSPS) is 35.4. The van der Waals surface area contributed by atoms with Crippen molar-refractivity contribution in [3.8, 4) is 0 Å². The molecule has 3 rings (SSSR count). The van der Waals surface area contributed by atoms with Gasteiger partial charge in [0, 0.05) is 23.9 Å². The maximum atomic E-state index is 6.31. The molecule has 3 atom stereocenters. The predicted molar refractivity (Wildman–Crippen MR) is 74.0 cm³/mol. The van der Waals surface area contributed by atoms with Crippen LogP contribution in [-0.4, -0.2) is 24.8 Å². The molecule has 1 N–H and O–H groups in total. The highest BCUT2D eigenvalue weighted by atomic mass is 35.5. The Balaban J connectivity index is 1.72.